The molecule has 0 aromatic rings. The summed E-state index contributed by atoms with van der Waals surface area (Å²) in [6.07, 6.45) is 1.88. The second kappa shape index (κ2) is 5.00. The third kappa shape index (κ3) is 6.62. The lowest BCUT2D eigenvalue weighted by molar-refractivity contribution is -0.150. The number of nitrogens with two attached hydrogens (primary N) is 1. The third-order valence-electron chi connectivity index (χ3n) is 1.71. The van der Waals surface area contributed by atoms with Crippen molar-refractivity contribution in [2.24, 2.45) is 11.1 Å². The molecule has 3 nitrogen and oxygen atoms in total. The van der Waals surface area contributed by atoms with Crippen molar-refractivity contribution in [2.75, 3.05) is 0 Å². The fraction of sp³-hybridized carbons (Fsp3) is 0.769. The van der Waals surface area contributed by atoms with Crippen LogP contribution in [0.5, 0.6) is 0 Å². The maximum absolute atomic E-state index is 11.9. The SMILES string of the molecule is CC(N)C(=CC(C)(C)C)C(=O)OC(C)(C)C. The molecule has 0 amide bonds. The lowest BCUT2D eigenvalue weighted by atomic mass is 9.91. The number of esters is 1. The monoisotopic (exact) mass is 227 g/mol. The van der Waals surface area contributed by atoms with Gasteiger partial charge in [-0.15, -0.1) is 0 Å². The zero-order valence-electron chi connectivity index (χ0n) is 11.5. The van der Waals surface area contributed by atoms with Gasteiger partial charge in [-0.1, -0.05) is 26.8 Å². The topological polar surface area (TPSA) is 52.3 Å². The summed E-state index contributed by atoms with van der Waals surface area (Å²) in [6.45, 7) is 13.4. The summed E-state index contributed by atoms with van der Waals surface area (Å²) in [6, 6.07) is -0.311. The third-order valence-corrected chi connectivity index (χ3v) is 1.71. The fourth-order valence-electron chi connectivity index (χ4n) is 1.18. The van der Waals surface area contributed by atoms with Crippen LogP contribution in [0.3, 0.4) is 0 Å². The van der Waals surface area contributed by atoms with Gasteiger partial charge in [0.2, 0.25) is 0 Å². The van der Waals surface area contributed by atoms with E-state index in [0.29, 0.717) is 5.57 Å². The summed E-state index contributed by atoms with van der Waals surface area (Å²) < 4.78 is 5.32. The van der Waals surface area contributed by atoms with E-state index in [9.17, 15) is 4.79 Å². The molecule has 0 fully saturated rings. The molecule has 0 heterocycles. The van der Waals surface area contributed by atoms with Gasteiger partial charge in [-0.3, -0.25) is 0 Å². The van der Waals surface area contributed by atoms with E-state index >= 15 is 0 Å². The number of carbonyl (C=O) groups is 1. The van der Waals surface area contributed by atoms with Crippen LogP contribution in [0.25, 0.3) is 0 Å². The van der Waals surface area contributed by atoms with Crippen LogP contribution in [-0.2, 0) is 9.53 Å². The normalized spacial score (nSPS) is 15.9. The Kier molecular flexibility index (Phi) is 4.74. The summed E-state index contributed by atoms with van der Waals surface area (Å²) in [5, 5.41) is 0. The Morgan fingerprint density at radius 2 is 1.62 bits per heavy atom. The Morgan fingerprint density at radius 1 is 1.19 bits per heavy atom. The van der Waals surface area contributed by atoms with Crippen LogP contribution in [0.15, 0.2) is 11.6 Å². The van der Waals surface area contributed by atoms with E-state index in [1.807, 2.05) is 47.6 Å². The van der Waals surface area contributed by atoms with Gasteiger partial charge in [-0.2, -0.15) is 0 Å². The molecule has 0 saturated heterocycles. The Bertz CT molecular complexity index is 277. The Morgan fingerprint density at radius 3 is 1.88 bits per heavy atom. The van der Waals surface area contributed by atoms with Crippen molar-refractivity contribution in [3.8, 4) is 0 Å². The molecule has 16 heavy (non-hydrogen) atoms. The van der Waals surface area contributed by atoms with Crippen molar-refractivity contribution in [1.82, 2.24) is 0 Å². The van der Waals surface area contributed by atoms with Gasteiger partial charge in [0, 0.05) is 6.04 Å². The van der Waals surface area contributed by atoms with Crippen molar-refractivity contribution in [3.05, 3.63) is 11.6 Å². The second-order valence-corrected chi connectivity index (χ2v) is 6.26. The number of carbonyl (C=O) groups excluding carboxylic acids is 1. The number of hydrogen-bond donors (Lipinski definition) is 1. The maximum Gasteiger partial charge on any atom is 0.335 e. The van der Waals surface area contributed by atoms with Crippen molar-refractivity contribution >= 4 is 5.97 Å². The van der Waals surface area contributed by atoms with Crippen LogP contribution >= 0.6 is 0 Å². The fourth-order valence-corrected chi connectivity index (χ4v) is 1.18. The molecule has 0 radical (unpaired) electrons. The molecule has 0 aromatic heterocycles. The Balaban J connectivity index is 4.96. The Labute approximate surface area is 99.0 Å². The first-order chi connectivity index (χ1) is 6.92. The molecule has 2 N–H and O–H groups in total. The van der Waals surface area contributed by atoms with E-state index in [1.54, 1.807) is 6.92 Å². The van der Waals surface area contributed by atoms with Crippen LogP contribution in [0.4, 0.5) is 0 Å². The first kappa shape index (κ1) is 15.2. The average molecular weight is 227 g/mol. The summed E-state index contributed by atoms with van der Waals surface area (Å²) >= 11 is 0. The average Bonchev–Trinajstić information content (AvgIpc) is 1.94. The molecule has 0 aliphatic carbocycles. The minimum Gasteiger partial charge on any atom is -0.457 e. The van der Waals surface area contributed by atoms with E-state index < -0.39 is 5.60 Å². The molecule has 1 atom stereocenters. The van der Waals surface area contributed by atoms with Crippen LogP contribution in [0.1, 0.15) is 48.5 Å². The van der Waals surface area contributed by atoms with Crippen molar-refractivity contribution in [3.63, 3.8) is 0 Å². The number of allylic oxidation sites excluding steroid dienone is 1. The van der Waals surface area contributed by atoms with Gasteiger partial charge in [0.1, 0.15) is 5.60 Å². The maximum atomic E-state index is 11.9. The molecular weight excluding hydrogens is 202 g/mol. The van der Waals surface area contributed by atoms with Gasteiger partial charge in [0.25, 0.3) is 0 Å². The van der Waals surface area contributed by atoms with E-state index in [2.05, 4.69) is 0 Å². The molecule has 0 aromatic carbocycles. The molecule has 94 valence electrons. The minimum absolute atomic E-state index is 0.0835. The molecule has 0 rings (SSSR count). The first-order valence-electron chi connectivity index (χ1n) is 5.64. The molecule has 0 aliphatic heterocycles. The molecule has 1 unspecified atom stereocenters. The quantitative estimate of drug-likeness (QED) is 0.583. The molecule has 3 heteroatoms. The van der Waals surface area contributed by atoms with E-state index in [1.165, 1.54) is 0 Å². The minimum atomic E-state index is -0.483. The highest BCUT2D eigenvalue weighted by Gasteiger charge is 2.23. The van der Waals surface area contributed by atoms with E-state index in [4.69, 9.17) is 10.5 Å². The summed E-state index contributed by atoms with van der Waals surface area (Å²) in [4.78, 5) is 11.9. The highest BCUT2D eigenvalue weighted by Crippen LogP contribution is 2.21. The molecular formula is C13H25NO2. The highest BCUT2D eigenvalue weighted by atomic mass is 16.6. The predicted molar refractivity (Wildman–Crippen MR) is 67.0 cm³/mol. The van der Waals surface area contributed by atoms with Crippen molar-refractivity contribution in [1.29, 1.82) is 0 Å². The molecule has 0 aliphatic rings. The summed E-state index contributed by atoms with van der Waals surface area (Å²) in [5.41, 5.74) is 5.77. The smallest absolute Gasteiger partial charge is 0.335 e. The lowest BCUT2D eigenvalue weighted by Crippen LogP contribution is -2.32. The van der Waals surface area contributed by atoms with Gasteiger partial charge < -0.3 is 10.5 Å². The predicted octanol–water partition coefficient (Wildman–Crippen LogP) is 2.65. The van der Waals surface area contributed by atoms with Crippen LogP contribution in [0, 0.1) is 5.41 Å². The van der Waals surface area contributed by atoms with Gasteiger partial charge in [0.15, 0.2) is 0 Å². The standard InChI is InChI=1S/C13H25NO2/c1-9(14)10(8-12(2,3)4)11(15)16-13(5,6)7/h8-9H,14H2,1-7H3. The lowest BCUT2D eigenvalue weighted by Gasteiger charge is -2.23. The number of rotatable bonds is 2. The highest BCUT2D eigenvalue weighted by molar-refractivity contribution is 5.90. The Hall–Kier alpha value is -0.830. The molecule has 0 bridgehead atoms. The first-order valence-corrected chi connectivity index (χ1v) is 5.64. The van der Waals surface area contributed by atoms with Crippen molar-refractivity contribution in [2.45, 2.75) is 60.1 Å². The van der Waals surface area contributed by atoms with E-state index in [-0.39, 0.29) is 17.4 Å². The number of ether oxygens (including phenoxy) is 1. The zero-order valence-corrected chi connectivity index (χ0v) is 11.5. The molecule has 0 saturated carbocycles. The van der Waals surface area contributed by atoms with Crippen LogP contribution < -0.4 is 5.73 Å². The summed E-state index contributed by atoms with van der Waals surface area (Å²) in [5.74, 6) is -0.322. The van der Waals surface area contributed by atoms with Gasteiger partial charge in [0.05, 0.1) is 5.57 Å². The van der Waals surface area contributed by atoms with Gasteiger partial charge in [-0.05, 0) is 33.1 Å². The van der Waals surface area contributed by atoms with E-state index in [0.717, 1.165) is 0 Å². The second-order valence-electron chi connectivity index (χ2n) is 6.26. The van der Waals surface area contributed by atoms with Crippen LogP contribution in [0.2, 0.25) is 0 Å². The summed E-state index contributed by atoms with van der Waals surface area (Å²) in [7, 11) is 0. The van der Waals surface area contributed by atoms with Crippen molar-refractivity contribution < 1.29 is 9.53 Å². The van der Waals surface area contributed by atoms with Gasteiger partial charge >= 0.3 is 5.97 Å². The molecule has 0 spiro atoms. The van der Waals surface area contributed by atoms with Gasteiger partial charge in [-0.25, -0.2) is 4.79 Å². The number of hydrogen-bond acceptors (Lipinski definition) is 3. The van der Waals surface area contributed by atoms with Crippen LogP contribution in [-0.4, -0.2) is 17.6 Å². The zero-order chi connectivity index (χ0) is 13.1. The largest absolute Gasteiger partial charge is 0.457 e.